The molecule has 0 aliphatic carbocycles. The zero-order chi connectivity index (χ0) is 27.9. The third-order valence-corrected chi connectivity index (χ3v) is 6.48. The zero-order valence-corrected chi connectivity index (χ0v) is 22.2. The molecule has 0 unspecified atom stereocenters. The number of carbonyl (C=O) groups is 2. The van der Waals surface area contributed by atoms with Crippen LogP contribution in [0.1, 0.15) is 43.8 Å². The van der Waals surface area contributed by atoms with E-state index in [0.29, 0.717) is 23.1 Å². The lowest BCUT2D eigenvalue weighted by molar-refractivity contribution is -0.0348. The van der Waals surface area contributed by atoms with E-state index in [4.69, 9.17) is 14.2 Å². The van der Waals surface area contributed by atoms with Crippen LogP contribution in [0.25, 0.3) is 11.4 Å². The van der Waals surface area contributed by atoms with Gasteiger partial charge in [0.2, 0.25) is 0 Å². The number of rotatable bonds is 6. The van der Waals surface area contributed by atoms with Crippen LogP contribution >= 0.6 is 0 Å². The molecule has 5 rings (SSSR count). The second kappa shape index (κ2) is 12.4. The average Bonchev–Trinajstić information content (AvgIpc) is 3.37. The molecule has 3 heterocycles. The summed E-state index contributed by atoms with van der Waals surface area (Å²) in [6.45, 7) is 3.82. The van der Waals surface area contributed by atoms with E-state index in [1.165, 1.54) is 0 Å². The first-order valence-electron chi connectivity index (χ1n) is 13.0. The maximum Gasteiger partial charge on any atom is 0.338 e. The number of hydrogen-bond acceptors (Lipinski definition) is 7. The summed E-state index contributed by atoms with van der Waals surface area (Å²) >= 11 is 0. The summed E-state index contributed by atoms with van der Waals surface area (Å²) in [5.41, 5.74) is 5.21. The molecule has 2 aromatic carbocycles. The molecule has 1 fully saturated rings. The van der Waals surface area contributed by atoms with E-state index < -0.39 is 30.3 Å². The minimum atomic E-state index is -0.659. The Labute approximate surface area is 233 Å². The van der Waals surface area contributed by atoms with Gasteiger partial charge in [-0.1, -0.05) is 53.3 Å². The van der Waals surface area contributed by atoms with E-state index in [2.05, 4.69) is 21.8 Å². The van der Waals surface area contributed by atoms with E-state index in [1.807, 2.05) is 68.4 Å². The maximum atomic E-state index is 12.8. The Hall–Kier alpha value is -4.80. The van der Waals surface area contributed by atoms with E-state index in [0.717, 1.165) is 22.5 Å². The highest BCUT2D eigenvalue weighted by Crippen LogP contribution is 2.25. The van der Waals surface area contributed by atoms with Gasteiger partial charge in [0.15, 0.2) is 0 Å². The van der Waals surface area contributed by atoms with Gasteiger partial charge < -0.3 is 14.2 Å². The van der Waals surface area contributed by atoms with E-state index in [-0.39, 0.29) is 6.61 Å². The van der Waals surface area contributed by atoms with Gasteiger partial charge in [-0.25, -0.2) is 9.59 Å². The number of ether oxygens (including phenoxy) is 3. The lowest BCUT2D eigenvalue weighted by atomic mass is 10.1. The molecular formula is C33H28N2O5. The van der Waals surface area contributed by atoms with Crippen LogP contribution in [0.2, 0.25) is 0 Å². The molecule has 4 aromatic rings. The van der Waals surface area contributed by atoms with Crippen LogP contribution < -0.4 is 0 Å². The number of aryl methyl sites for hydroxylation is 2. The van der Waals surface area contributed by atoms with Gasteiger partial charge in [0.05, 0.1) is 22.5 Å². The molecule has 7 nitrogen and oxygen atoms in total. The lowest BCUT2D eigenvalue weighted by Gasteiger charge is -2.19. The van der Waals surface area contributed by atoms with Gasteiger partial charge in [-0.05, 0) is 62.4 Å². The third kappa shape index (κ3) is 6.79. The largest absolute Gasteiger partial charge is 0.459 e. The number of benzene rings is 2. The smallest absolute Gasteiger partial charge is 0.338 e. The van der Waals surface area contributed by atoms with Crippen LogP contribution in [0.4, 0.5) is 0 Å². The normalized spacial score (nSPS) is 17.9. The van der Waals surface area contributed by atoms with Crippen LogP contribution in [-0.2, 0) is 14.2 Å². The summed E-state index contributed by atoms with van der Waals surface area (Å²) in [4.78, 5) is 34.2. The molecule has 0 amide bonds. The molecular weight excluding hydrogens is 504 g/mol. The van der Waals surface area contributed by atoms with Crippen molar-refractivity contribution in [2.24, 2.45) is 0 Å². The van der Waals surface area contributed by atoms with Gasteiger partial charge in [-0.3, -0.25) is 9.97 Å². The Kier molecular flexibility index (Phi) is 8.29. The second-order valence-electron chi connectivity index (χ2n) is 9.59. The summed E-state index contributed by atoms with van der Waals surface area (Å²) in [7, 11) is 0. The van der Waals surface area contributed by atoms with Crippen molar-refractivity contribution in [1.29, 1.82) is 0 Å². The Morgan fingerprint density at radius 2 is 1.52 bits per heavy atom. The number of aromatic nitrogens is 2. The molecule has 0 radical (unpaired) electrons. The van der Waals surface area contributed by atoms with Crippen molar-refractivity contribution < 1.29 is 23.8 Å². The highest BCUT2D eigenvalue weighted by molar-refractivity contribution is 5.90. The second-order valence-corrected chi connectivity index (χ2v) is 9.59. The third-order valence-electron chi connectivity index (χ3n) is 6.48. The molecule has 2 aromatic heterocycles. The van der Waals surface area contributed by atoms with Crippen LogP contribution in [0.5, 0.6) is 0 Å². The Morgan fingerprint density at radius 1 is 0.850 bits per heavy atom. The van der Waals surface area contributed by atoms with E-state index in [1.54, 1.807) is 36.7 Å². The number of esters is 2. The van der Waals surface area contributed by atoms with Crippen molar-refractivity contribution >= 4 is 11.9 Å². The summed E-state index contributed by atoms with van der Waals surface area (Å²) in [5, 5.41) is 0. The number of nitrogens with zero attached hydrogens (tertiary/aromatic N) is 2. The maximum absolute atomic E-state index is 12.8. The molecule has 0 bridgehead atoms. The quantitative estimate of drug-likeness (QED) is 0.244. The highest BCUT2D eigenvalue weighted by Gasteiger charge is 2.38. The number of pyridine rings is 2. The SMILES string of the molecule is Cc1ccc(C(=O)OC[C@H]2O[C@H](C#Cc3ccc(-c4ccccn4)nc3)C[C@@H]2OC(=O)c2ccc(C)cc2)cc1. The van der Waals surface area contributed by atoms with E-state index >= 15 is 0 Å². The molecule has 3 atom stereocenters. The molecule has 1 aliphatic heterocycles. The fourth-order valence-corrected chi connectivity index (χ4v) is 4.20. The van der Waals surface area contributed by atoms with Crippen LogP contribution in [0.15, 0.2) is 91.3 Å². The highest BCUT2D eigenvalue weighted by atomic mass is 16.6. The van der Waals surface area contributed by atoms with Crippen LogP contribution in [0, 0.1) is 25.7 Å². The molecule has 200 valence electrons. The van der Waals surface area contributed by atoms with Gasteiger partial charge in [-0.2, -0.15) is 0 Å². The molecule has 0 N–H and O–H groups in total. The first kappa shape index (κ1) is 26.8. The van der Waals surface area contributed by atoms with Crippen LogP contribution in [0.3, 0.4) is 0 Å². The predicted molar refractivity (Wildman–Crippen MR) is 149 cm³/mol. The summed E-state index contributed by atoms with van der Waals surface area (Å²) in [6.07, 6.45) is 1.93. The summed E-state index contributed by atoms with van der Waals surface area (Å²) in [5.74, 6) is 5.25. The van der Waals surface area contributed by atoms with Crippen molar-refractivity contribution in [3.63, 3.8) is 0 Å². The Balaban J connectivity index is 1.27. The van der Waals surface area contributed by atoms with Gasteiger partial charge >= 0.3 is 11.9 Å². The molecule has 1 aliphatic rings. The molecule has 0 saturated carbocycles. The minimum absolute atomic E-state index is 0.0724. The Morgan fingerprint density at radius 3 is 2.15 bits per heavy atom. The van der Waals surface area contributed by atoms with Gasteiger partial charge in [-0.15, -0.1) is 0 Å². The van der Waals surface area contributed by atoms with Crippen molar-refractivity contribution in [3.8, 4) is 23.2 Å². The number of carbonyl (C=O) groups excluding carboxylic acids is 2. The summed E-state index contributed by atoms with van der Waals surface area (Å²) < 4.78 is 17.4. The van der Waals surface area contributed by atoms with Gasteiger partial charge in [0, 0.05) is 24.4 Å². The van der Waals surface area contributed by atoms with Gasteiger partial charge in [0.25, 0.3) is 0 Å². The van der Waals surface area contributed by atoms with Crippen molar-refractivity contribution in [3.05, 3.63) is 119 Å². The fourth-order valence-electron chi connectivity index (χ4n) is 4.20. The fraction of sp³-hybridized carbons (Fsp3) is 0.212. The molecule has 0 spiro atoms. The van der Waals surface area contributed by atoms with E-state index in [9.17, 15) is 9.59 Å². The van der Waals surface area contributed by atoms with Crippen molar-refractivity contribution in [2.75, 3.05) is 6.61 Å². The minimum Gasteiger partial charge on any atom is -0.459 e. The average molecular weight is 533 g/mol. The lowest BCUT2D eigenvalue weighted by Crippen LogP contribution is -2.32. The van der Waals surface area contributed by atoms with Gasteiger partial charge in [0.1, 0.15) is 24.9 Å². The molecule has 40 heavy (non-hydrogen) atoms. The Bertz CT molecular complexity index is 1520. The predicted octanol–water partition coefficient (Wildman–Crippen LogP) is 5.35. The summed E-state index contributed by atoms with van der Waals surface area (Å²) in [6, 6.07) is 23.6. The van der Waals surface area contributed by atoms with Crippen molar-refractivity contribution in [2.45, 2.75) is 38.6 Å². The molecule has 7 heteroatoms. The standard InChI is InChI=1S/C33H28N2O5/c1-22-6-12-25(13-7-22)32(36)38-21-31-30(40-33(37)26-14-8-23(2)9-15-26)19-27(39-31)16-10-24-11-17-29(35-20-24)28-5-3-4-18-34-28/h3-9,11-15,17-18,20,27,30-31H,19,21H2,1-2H3/t27-,30+,31-/m1/s1. The van der Waals surface area contributed by atoms with Crippen molar-refractivity contribution in [1.82, 2.24) is 9.97 Å². The topological polar surface area (TPSA) is 87.6 Å². The first-order chi connectivity index (χ1) is 19.4. The molecule has 1 saturated heterocycles. The number of hydrogen-bond donors (Lipinski definition) is 0. The monoisotopic (exact) mass is 532 g/mol. The van der Waals surface area contributed by atoms with Crippen LogP contribution in [-0.4, -0.2) is 46.8 Å². The zero-order valence-electron chi connectivity index (χ0n) is 22.2. The first-order valence-corrected chi connectivity index (χ1v) is 13.0.